The molecule has 0 aliphatic rings. The summed E-state index contributed by atoms with van der Waals surface area (Å²) < 4.78 is 0. The smallest absolute Gasteiger partial charge is 0.353 e. The van der Waals surface area contributed by atoms with Crippen LogP contribution in [-0.2, 0) is 4.79 Å². The van der Waals surface area contributed by atoms with Crippen molar-refractivity contribution in [3.63, 3.8) is 0 Å². The molecule has 1 aromatic heterocycles. The third-order valence-corrected chi connectivity index (χ3v) is 2.33. The minimum atomic E-state index is -0.638. The minimum Gasteiger partial charge on any atom is -0.378 e. The average molecular weight is 254 g/mol. The lowest BCUT2D eigenvalue weighted by atomic mass is 10.3. The van der Waals surface area contributed by atoms with Gasteiger partial charge in [-0.1, -0.05) is 0 Å². The number of nitrogens with two attached hydrogens (primary N) is 1. The zero-order valence-electron chi connectivity index (χ0n) is 10.1. The summed E-state index contributed by atoms with van der Waals surface area (Å²) in [6.07, 6.45) is 1.35. The van der Waals surface area contributed by atoms with Gasteiger partial charge in [-0.15, -0.1) is 0 Å². The van der Waals surface area contributed by atoms with Gasteiger partial charge < -0.3 is 16.0 Å². The summed E-state index contributed by atoms with van der Waals surface area (Å²) in [5.74, 6) is -0.264. The van der Waals surface area contributed by atoms with Gasteiger partial charge in [0.2, 0.25) is 17.5 Å². The highest BCUT2D eigenvalue weighted by Crippen LogP contribution is 2.28. The Morgan fingerprint density at radius 1 is 1.61 bits per heavy atom. The maximum Gasteiger partial charge on any atom is 0.353 e. The Labute approximate surface area is 103 Å². The van der Waals surface area contributed by atoms with Crippen LogP contribution in [0.25, 0.3) is 0 Å². The van der Waals surface area contributed by atoms with Crippen LogP contribution in [0.15, 0.2) is 6.33 Å². The molecule has 9 nitrogen and oxygen atoms in total. The van der Waals surface area contributed by atoms with Crippen LogP contribution in [0.5, 0.6) is 0 Å². The van der Waals surface area contributed by atoms with Crippen LogP contribution in [0, 0.1) is 10.1 Å². The van der Waals surface area contributed by atoms with Crippen LogP contribution in [0.3, 0.4) is 0 Å². The second-order valence-electron chi connectivity index (χ2n) is 3.53. The average Bonchev–Trinajstić information content (AvgIpc) is 2.34. The van der Waals surface area contributed by atoms with Gasteiger partial charge in [0.25, 0.3) is 0 Å². The number of hydrogen-bond donors (Lipinski definition) is 2. The van der Waals surface area contributed by atoms with Gasteiger partial charge in [-0.25, -0.2) is 9.97 Å². The van der Waals surface area contributed by atoms with E-state index in [4.69, 9.17) is 5.73 Å². The normalized spacial score (nSPS) is 9.89. The first kappa shape index (κ1) is 13.6. The van der Waals surface area contributed by atoms with Crippen molar-refractivity contribution in [3.8, 4) is 0 Å². The number of amides is 1. The number of nitrogen functional groups attached to an aromatic ring is 1. The first-order valence-corrected chi connectivity index (χ1v) is 5.14. The van der Waals surface area contributed by atoms with E-state index in [0.29, 0.717) is 0 Å². The molecule has 3 N–H and O–H groups in total. The maximum absolute atomic E-state index is 11.1. The number of anilines is 2. The molecule has 0 spiro atoms. The van der Waals surface area contributed by atoms with E-state index in [1.165, 1.54) is 11.9 Å². The molecule has 1 rings (SSSR count). The van der Waals surface area contributed by atoms with Crippen LogP contribution in [0.2, 0.25) is 0 Å². The highest BCUT2D eigenvalue weighted by molar-refractivity contribution is 5.76. The van der Waals surface area contributed by atoms with E-state index < -0.39 is 4.92 Å². The van der Waals surface area contributed by atoms with Gasteiger partial charge in [-0.2, -0.15) is 0 Å². The van der Waals surface area contributed by atoms with E-state index in [1.807, 2.05) is 0 Å². The molecule has 18 heavy (non-hydrogen) atoms. The minimum absolute atomic E-state index is 0.0939. The van der Waals surface area contributed by atoms with Gasteiger partial charge in [0, 0.05) is 27.1 Å². The largest absolute Gasteiger partial charge is 0.378 e. The van der Waals surface area contributed by atoms with Crippen LogP contribution in [0.4, 0.5) is 17.3 Å². The van der Waals surface area contributed by atoms with E-state index in [0.717, 1.165) is 6.33 Å². The number of hydrogen-bond acceptors (Lipinski definition) is 7. The molecule has 0 atom stereocenters. The standard InChI is InChI=1S/C9H14N6O3/c1-11-6(16)3-4-14(2)9-7(15(17)18)8(10)12-5-13-9/h5H,3-4H2,1-2H3,(H,11,16)(H2,10,12,13). The number of nitrogens with one attached hydrogen (secondary N) is 1. The SMILES string of the molecule is CNC(=O)CCN(C)c1ncnc(N)c1[N+](=O)[O-]. The van der Waals surface area contributed by atoms with E-state index in [1.54, 1.807) is 7.05 Å². The Morgan fingerprint density at radius 3 is 2.83 bits per heavy atom. The molecule has 0 aliphatic heterocycles. The fraction of sp³-hybridized carbons (Fsp3) is 0.444. The Bertz CT molecular complexity index is 464. The summed E-state index contributed by atoms with van der Waals surface area (Å²) in [5, 5.41) is 13.3. The lowest BCUT2D eigenvalue weighted by Gasteiger charge is -2.17. The molecule has 0 bridgehead atoms. The molecule has 1 heterocycles. The molecule has 0 aromatic carbocycles. The summed E-state index contributed by atoms with van der Waals surface area (Å²) >= 11 is 0. The van der Waals surface area contributed by atoms with Crippen LogP contribution >= 0.6 is 0 Å². The molecule has 0 fully saturated rings. The molecular weight excluding hydrogens is 240 g/mol. The van der Waals surface area contributed by atoms with Crippen molar-refractivity contribution >= 4 is 23.2 Å². The summed E-state index contributed by atoms with van der Waals surface area (Å²) in [5.41, 5.74) is 5.09. The Hall–Kier alpha value is -2.45. The molecule has 98 valence electrons. The second kappa shape index (κ2) is 5.75. The van der Waals surface area contributed by atoms with Gasteiger partial charge in [0.15, 0.2) is 0 Å². The van der Waals surface area contributed by atoms with Crippen molar-refractivity contribution in [1.29, 1.82) is 0 Å². The highest BCUT2D eigenvalue weighted by atomic mass is 16.6. The first-order chi connectivity index (χ1) is 8.47. The van der Waals surface area contributed by atoms with E-state index >= 15 is 0 Å². The molecule has 9 heteroatoms. The summed E-state index contributed by atoms with van der Waals surface area (Å²) in [7, 11) is 3.12. The fourth-order valence-electron chi connectivity index (χ4n) is 1.34. The Morgan fingerprint density at radius 2 is 2.28 bits per heavy atom. The number of nitrogens with zero attached hydrogens (tertiary/aromatic N) is 4. The lowest BCUT2D eigenvalue weighted by Crippen LogP contribution is -2.27. The molecule has 0 radical (unpaired) electrons. The number of nitro groups is 1. The van der Waals surface area contributed by atoms with Crippen molar-refractivity contribution in [3.05, 3.63) is 16.4 Å². The Balaban J connectivity index is 2.92. The van der Waals surface area contributed by atoms with Gasteiger partial charge in [0.05, 0.1) is 4.92 Å². The molecular formula is C9H14N6O3. The zero-order chi connectivity index (χ0) is 13.7. The quantitative estimate of drug-likeness (QED) is 0.537. The second-order valence-corrected chi connectivity index (χ2v) is 3.53. The van der Waals surface area contributed by atoms with Crippen molar-refractivity contribution in [2.75, 3.05) is 31.3 Å². The number of rotatable bonds is 5. The van der Waals surface area contributed by atoms with Crippen molar-refractivity contribution in [2.24, 2.45) is 0 Å². The van der Waals surface area contributed by atoms with E-state index in [9.17, 15) is 14.9 Å². The monoisotopic (exact) mass is 254 g/mol. The van der Waals surface area contributed by atoms with Crippen molar-refractivity contribution in [1.82, 2.24) is 15.3 Å². The number of aromatic nitrogens is 2. The van der Waals surface area contributed by atoms with Crippen LogP contribution in [-0.4, -0.2) is 41.4 Å². The van der Waals surface area contributed by atoms with Crippen molar-refractivity contribution in [2.45, 2.75) is 6.42 Å². The van der Waals surface area contributed by atoms with Crippen LogP contribution in [0.1, 0.15) is 6.42 Å². The van der Waals surface area contributed by atoms with Gasteiger partial charge in [-0.05, 0) is 0 Å². The lowest BCUT2D eigenvalue weighted by molar-refractivity contribution is -0.383. The molecule has 0 saturated heterocycles. The van der Waals surface area contributed by atoms with Gasteiger partial charge in [0.1, 0.15) is 6.33 Å². The fourth-order valence-corrected chi connectivity index (χ4v) is 1.34. The molecule has 0 aliphatic carbocycles. The molecule has 1 aromatic rings. The molecule has 0 unspecified atom stereocenters. The zero-order valence-corrected chi connectivity index (χ0v) is 10.1. The third kappa shape index (κ3) is 3.03. The maximum atomic E-state index is 11.1. The molecule has 0 saturated carbocycles. The van der Waals surface area contributed by atoms with E-state index in [2.05, 4.69) is 15.3 Å². The first-order valence-electron chi connectivity index (χ1n) is 5.14. The Kier molecular flexibility index (Phi) is 4.35. The summed E-state index contributed by atoms with van der Waals surface area (Å²) in [6, 6.07) is 0. The van der Waals surface area contributed by atoms with Gasteiger partial charge >= 0.3 is 5.69 Å². The van der Waals surface area contributed by atoms with Crippen molar-refractivity contribution < 1.29 is 9.72 Å². The molecule has 1 amide bonds. The number of carbonyl (C=O) groups is 1. The predicted molar refractivity (Wildman–Crippen MR) is 65.1 cm³/mol. The van der Waals surface area contributed by atoms with E-state index in [-0.39, 0.29) is 36.2 Å². The highest BCUT2D eigenvalue weighted by Gasteiger charge is 2.23. The van der Waals surface area contributed by atoms with Crippen LogP contribution < -0.4 is 16.0 Å². The topological polar surface area (TPSA) is 127 Å². The predicted octanol–water partition coefficient (Wildman–Crippen LogP) is -0.461. The van der Waals surface area contributed by atoms with Gasteiger partial charge in [-0.3, -0.25) is 14.9 Å². The summed E-state index contributed by atoms with van der Waals surface area (Å²) in [6.45, 7) is 0.289. The summed E-state index contributed by atoms with van der Waals surface area (Å²) in [4.78, 5) is 30.2. The number of carbonyl (C=O) groups excluding carboxylic acids is 1. The third-order valence-electron chi connectivity index (χ3n) is 2.33.